The lowest BCUT2D eigenvalue weighted by Gasteiger charge is -2.36. The van der Waals surface area contributed by atoms with Crippen LogP contribution in [0, 0.1) is 13.8 Å². The third-order valence-corrected chi connectivity index (χ3v) is 6.34. The Balaban J connectivity index is 1.45. The first-order chi connectivity index (χ1) is 14.9. The predicted octanol–water partition coefficient (Wildman–Crippen LogP) is 3.23. The molecule has 8 nitrogen and oxygen atoms in total. The third kappa shape index (κ3) is 2.53. The molecule has 158 valence electrons. The van der Waals surface area contributed by atoms with E-state index < -0.39 is 6.43 Å². The maximum atomic E-state index is 13.6. The molecule has 4 aromatic rings. The number of rotatable bonds is 2. The number of aromatic nitrogens is 6. The van der Waals surface area contributed by atoms with Crippen molar-refractivity contribution in [3.63, 3.8) is 0 Å². The van der Waals surface area contributed by atoms with Gasteiger partial charge in [0.05, 0.1) is 23.6 Å². The van der Waals surface area contributed by atoms with Crippen molar-refractivity contribution in [2.24, 2.45) is 0 Å². The Morgan fingerprint density at radius 3 is 2.77 bits per heavy atom. The van der Waals surface area contributed by atoms with E-state index in [1.165, 1.54) is 12.3 Å². The minimum absolute atomic E-state index is 0.00874. The summed E-state index contributed by atoms with van der Waals surface area (Å²) in [5.41, 5.74) is 4.34. The first-order valence-corrected chi connectivity index (χ1v) is 10.2. The van der Waals surface area contributed by atoms with Gasteiger partial charge >= 0.3 is 0 Å². The van der Waals surface area contributed by atoms with Crippen molar-refractivity contribution < 1.29 is 13.6 Å². The fourth-order valence-corrected chi connectivity index (χ4v) is 5.07. The molecule has 6 rings (SSSR count). The highest BCUT2D eigenvalue weighted by Gasteiger charge is 2.45. The van der Waals surface area contributed by atoms with Gasteiger partial charge in [-0.3, -0.25) is 4.79 Å². The summed E-state index contributed by atoms with van der Waals surface area (Å²) in [6.45, 7) is 3.57. The summed E-state index contributed by atoms with van der Waals surface area (Å²) < 4.78 is 29.9. The number of hydrogen-bond acceptors (Lipinski definition) is 5. The quantitative estimate of drug-likeness (QED) is 0.495. The van der Waals surface area contributed by atoms with Gasteiger partial charge in [-0.2, -0.15) is 10.2 Å². The maximum absolute atomic E-state index is 13.6. The average molecular weight is 423 g/mol. The molecule has 0 aromatic carbocycles. The first kappa shape index (κ1) is 18.3. The van der Waals surface area contributed by atoms with Crippen LogP contribution in [-0.2, 0) is 6.42 Å². The van der Waals surface area contributed by atoms with Crippen LogP contribution in [-0.4, -0.2) is 46.0 Å². The molecule has 4 aromatic heterocycles. The summed E-state index contributed by atoms with van der Waals surface area (Å²) in [5, 5.41) is 8.63. The first-order valence-electron chi connectivity index (χ1n) is 10.2. The van der Waals surface area contributed by atoms with Gasteiger partial charge in [-0.05, 0) is 32.8 Å². The highest BCUT2D eigenvalue weighted by Crippen LogP contribution is 2.44. The second kappa shape index (κ2) is 6.29. The van der Waals surface area contributed by atoms with Crippen LogP contribution in [0.2, 0.25) is 0 Å². The summed E-state index contributed by atoms with van der Waals surface area (Å²) in [4.78, 5) is 24.3. The molecule has 1 amide bonds. The van der Waals surface area contributed by atoms with Gasteiger partial charge < -0.3 is 4.90 Å². The minimum Gasteiger partial charge on any atom is -0.328 e. The highest BCUT2D eigenvalue weighted by molar-refractivity contribution is 6.00. The lowest BCUT2D eigenvalue weighted by atomic mass is 9.98. The number of alkyl halides is 2. The van der Waals surface area contributed by atoms with E-state index in [-0.39, 0.29) is 34.9 Å². The van der Waals surface area contributed by atoms with Gasteiger partial charge in [-0.25, -0.2) is 27.8 Å². The normalized spacial score (nSPS) is 20.2. The average Bonchev–Trinajstić information content (AvgIpc) is 3.41. The summed E-state index contributed by atoms with van der Waals surface area (Å²) in [7, 11) is 0. The standard InChI is InChI=1S/C21H19F2N7O/c1-10-5-17(19(22)23)30-20(26-10)14(9-25-30)21(31)28-12-3-4-15(28)13-8-24-18-6-11(2)27-29(18)16(13)7-12/h5-6,8-9,12,15,19H,3-4,7H2,1-2H3. The molecule has 2 aliphatic rings. The number of amides is 1. The fourth-order valence-electron chi connectivity index (χ4n) is 5.07. The zero-order valence-electron chi connectivity index (χ0n) is 17.0. The van der Waals surface area contributed by atoms with E-state index in [0.29, 0.717) is 12.1 Å². The third-order valence-electron chi connectivity index (χ3n) is 6.34. The van der Waals surface area contributed by atoms with Gasteiger partial charge in [-0.15, -0.1) is 0 Å². The summed E-state index contributed by atoms with van der Waals surface area (Å²) >= 11 is 0. The molecule has 6 heterocycles. The van der Waals surface area contributed by atoms with Crippen LogP contribution in [0.25, 0.3) is 11.3 Å². The van der Waals surface area contributed by atoms with Crippen molar-refractivity contribution in [2.75, 3.05) is 0 Å². The molecule has 2 atom stereocenters. The number of hydrogen-bond donors (Lipinski definition) is 0. The Morgan fingerprint density at radius 1 is 1.13 bits per heavy atom. The van der Waals surface area contributed by atoms with Crippen LogP contribution in [0.1, 0.15) is 64.0 Å². The van der Waals surface area contributed by atoms with Gasteiger partial charge in [0.2, 0.25) is 0 Å². The van der Waals surface area contributed by atoms with Crippen molar-refractivity contribution in [3.8, 4) is 0 Å². The number of fused-ring (bicyclic) bond motifs is 7. The van der Waals surface area contributed by atoms with Crippen LogP contribution < -0.4 is 0 Å². The van der Waals surface area contributed by atoms with Crippen molar-refractivity contribution in [1.29, 1.82) is 0 Å². The highest BCUT2D eigenvalue weighted by atomic mass is 19.3. The van der Waals surface area contributed by atoms with Gasteiger partial charge in [-0.1, -0.05) is 0 Å². The molecule has 10 heteroatoms. The lowest BCUT2D eigenvalue weighted by molar-refractivity contribution is 0.0644. The smallest absolute Gasteiger partial charge is 0.280 e. The van der Waals surface area contributed by atoms with Gasteiger partial charge in [0, 0.05) is 36.0 Å². The van der Waals surface area contributed by atoms with Gasteiger partial charge in [0.1, 0.15) is 11.3 Å². The Bertz CT molecular complexity index is 1380. The van der Waals surface area contributed by atoms with Crippen LogP contribution in [0.15, 0.2) is 24.5 Å². The van der Waals surface area contributed by atoms with Crippen LogP contribution >= 0.6 is 0 Å². The molecule has 0 N–H and O–H groups in total. The van der Waals surface area contributed by atoms with Crippen LogP contribution in [0.4, 0.5) is 8.78 Å². The molecule has 0 spiro atoms. The zero-order chi connectivity index (χ0) is 21.4. The second-order valence-corrected chi connectivity index (χ2v) is 8.30. The van der Waals surface area contributed by atoms with Crippen LogP contribution in [0.3, 0.4) is 0 Å². The number of carbonyl (C=O) groups is 1. The van der Waals surface area contributed by atoms with Gasteiger partial charge in [0.25, 0.3) is 12.3 Å². The molecule has 2 unspecified atom stereocenters. The Labute approximate surface area is 175 Å². The SMILES string of the molecule is Cc1cc(C(F)F)n2ncc(C(=O)N3C4CCC3c3cnc5cc(C)nn5c3C4)c2n1. The molecule has 2 aliphatic heterocycles. The number of aryl methyl sites for hydroxylation is 2. The minimum atomic E-state index is -2.71. The van der Waals surface area contributed by atoms with Crippen molar-refractivity contribution in [2.45, 2.75) is 51.6 Å². The largest absolute Gasteiger partial charge is 0.328 e. The van der Waals surface area contributed by atoms with E-state index in [0.717, 1.165) is 40.0 Å². The Morgan fingerprint density at radius 2 is 1.97 bits per heavy atom. The molecule has 0 radical (unpaired) electrons. The topological polar surface area (TPSA) is 80.7 Å². The summed E-state index contributed by atoms with van der Waals surface area (Å²) in [5.74, 6) is -0.233. The molecular weight excluding hydrogens is 404 g/mol. The van der Waals surface area contributed by atoms with E-state index in [1.54, 1.807) is 6.92 Å². The van der Waals surface area contributed by atoms with E-state index in [4.69, 9.17) is 0 Å². The monoisotopic (exact) mass is 423 g/mol. The van der Waals surface area contributed by atoms with Crippen LogP contribution in [0.5, 0.6) is 0 Å². The van der Waals surface area contributed by atoms with Crippen molar-refractivity contribution >= 4 is 17.2 Å². The number of halogens is 2. The van der Waals surface area contributed by atoms with E-state index in [9.17, 15) is 13.6 Å². The predicted molar refractivity (Wildman–Crippen MR) is 106 cm³/mol. The molecule has 1 saturated heterocycles. The number of nitrogens with zero attached hydrogens (tertiary/aromatic N) is 7. The van der Waals surface area contributed by atoms with Crippen molar-refractivity contribution in [3.05, 3.63) is 58.4 Å². The van der Waals surface area contributed by atoms with E-state index in [1.807, 2.05) is 28.6 Å². The fraction of sp³-hybridized carbons (Fsp3) is 0.381. The molecule has 0 saturated carbocycles. The molecule has 2 bridgehead atoms. The second-order valence-electron chi connectivity index (χ2n) is 8.30. The Hall–Kier alpha value is -3.43. The zero-order valence-corrected chi connectivity index (χ0v) is 17.0. The van der Waals surface area contributed by atoms with E-state index in [2.05, 4.69) is 20.2 Å². The lowest BCUT2D eigenvalue weighted by Crippen LogP contribution is -2.42. The Kier molecular flexibility index (Phi) is 3.72. The summed E-state index contributed by atoms with van der Waals surface area (Å²) in [6, 6.07) is 3.11. The molecule has 31 heavy (non-hydrogen) atoms. The number of carbonyl (C=O) groups excluding carboxylic acids is 1. The molecular formula is C21H19F2N7O. The van der Waals surface area contributed by atoms with Crippen molar-refractivity contribution in [1.82, 2.24) is 34.1 Å². The summed E-state index contributed by atoms with van der Waals surface area (Å²) in [6.07, 6.45) is 2.84. The van der Waals surface area contributed by atoms with E-state index >= 15 is 0 Å². The molecule has 1 fully saturated rings. The maximum Gasteiger partial charge on any atom is 0.280 e. The molecule has 0 aliphatic carbocycles. The van der Waals surface area contributed by atoms with Gasteiger partial charge in [0.15, 0.2) is 11.3 Å².